The first-order valence-electron chi connectivity index (χ1n) is 13.1. The number of hydrogen-bond donors (Lipinski definition) is 4. The summed E-state index contributed by atoms with van der Waals surface area (Å²) in [5, 5.41) is 22.2. The fourth-order valence-corrected chi connectivity index (χ4v) is 5.52. The SMILES string of the molecule is OC(Nc1cncc(-c2cc3c(-c4nc5c(-c6ccccc6F)cccc5[nH]4)n[nH]c3cn2)c1)C1CCCC1. The van der Waals surface area contributed by atoms with Gasteiger partial charge in [0.15, 0.2) is 5.82 Å². The van der Waals surface area contributed by atoms with E-state index < -0.39 is 6.23 Å². The van der Waals surface area contributed by atoms with Gasteiger partial charge in [-0.15, -0.1) is 0 Å². The molecular formula is C30H26FN7O. The van der Waals surface area contributed by atoms with Crippen molar-refractivity contribution in [1.29, 1.82) is 0 Å². The van der Waals surface area contributed by atoms with Crippen LogP contribution in [0, 0.1) is 11.7 Å². The molecule has 0 saturated heterocycles. The molecule has 1 aliphatic rings. The number of imidazole rings is 1. The number of rotatable bonds is 6. The molecule has 9 heteroatoms. The van der Waals surface area contributed by atoms with Crippen LogP contribution in [0.2, 0.25) is 0 Å². The highest BCUT2D eigenvalue weighted by Crippen LogP contribution is 2.34. The first-order chi connectivity index (χ1) is 19.1. The number of fused-ring (bicyclic) bond motifs is 2. The molecule has 0 radical (unpaired) electrons. The van der Waals surface area contributed by atoms with E-state index in [9.17, 15) is 9.50 Å². The summed E-state index contributed by atoms with van der Waals surface area (Å²) in [7, 11) is 0. The maximum absolute atomic E-state index is 14.6. The molecule has 0 amide bonds. The van der Waals surface area contributed by atoms with Gasteiger partial charge < -0.3 is 15.4 Å². The molecule has 2 aromatic carbocycles. The van der Waals surface area contributed by atoms with Crippen molar-refractivity contribution in [1.82, 2.24) is 30.1 Å². The lowest BCUT2D eigenvalue weighted by Crippen LogP contribution is -2.26. The molecule has 194 valence electrons. The number of halogens is 1. The number of H-pyrrole nitrogens is 2. The van der Waals surface area contributed by atoms with Crippen LogP contribution < -0.4 is 5.32 Å². The molecule has 6 aromatic rings. The number of nitrogens with one attached hydrogen (secondary N) is 3. The fraction of sp³-hybridized carbons (Fsp3) is 0.200. The van der Waals surface area contributed by atoms with Gasteiger partial charge in [0, 0.05) is 34.2 Å². The van der Waals surface area contributed by atoms with E-state index >= 15 is 0 Å². The van der Waals surface area contributed by atoms with Gasteiger partial charge in [0.25, 0.3) is 0 Å². The predicted octanol–water partition coefficient (Wildman–Crippen LogP) is 6.29. The molecule has 4 aromatic heterocycles. The molecule has 1 fully saturated rings. The quantitative estimate of drug-likeness (QED) is 0.192. The van der Waals surface area contributed by atoms with Crippen LogP contribution in [-0.4, -0.2) is 41.5 Å². The van der Waals surface area contributed by atoms with Crippen molar-refractivity contribution in [2.24, 2.45) is 5.92 Å². The number of hydrogen-bond acceptors (Lipinski definition) is 6. The van der Waals surface area contributed by atoms with Gasteiger partial charge in [0.05, 0.1) is 40.3 Å². The second-order valence-electron chi connectivity index (χ2n) is 10.1. The molecule has 1 aliphatic carbocycles. The largest absolute Gasteiger partial charge is 0.374 e. The Morgan fingerprint density at radius 2 is 1.79 bits per heavy atom. The summed E-state index contributed by atoms with van der Waals surface area (Å²) in [6.07, 6.45) is 9.00. The zero-order valence-electron chi connectivity index (χ0n) is 21.0. The van der Waals surface area contributed by atoms with Gasteiger partial charge in [-0.1, -0.05) is 43.2 Å². The molecule has 4 N–H and O–H groups in total. The minimum Gasteiger partial charge on any atom is -0.374 e. The van der Waals surface area contributed by atoms with Crippen molar-refractivity contribution < 1.29 is 9.50 Å². The monoisotopic (exact) mass is 519 g/mol. The third-order valence-corrected chi connectivity index (χ3v) is 7.54. The smallest absolute Gasteiger partial charge is 0.159 e. The second-order valence-corrected chi connectivity index (χ2v) is 10.1. The van der Waals surface area contributed by atoms with E-state index in [1.807, 2.05) is 36.4 Å². The molecule has 1 unspecified atom stereocenters. The highest BCUT2D eigenvalue weighted by atomic mass is 19.1. The van der Waals surface area contributed by atoms with Crippen LogP contribution in [0.4, 0.5) is 10.1 Å². The predicted molar refractivity (Wildman–Crippen MR) is 149 cm³/mol. The number of benzene rings is 2. The number of anilines is 1. The highest BCUT2D eigenvalue weighted by Gasteiger charge is 2.23. The maximum Gasteiger partial charge on any atom is 0.159 e. The van der Waals surface area contributed by atoms with Crippen LogP contribution in [-0.2, 0) is 0 Å². The number of pyridine rings is 2. The first kappa shape index (κ1) is 23.5. The number of nitrogens with zero attached hydrogens (tertiary/aromatic N) is 4. The summed E-state index contributed by atoms with van der Waals surface area (Å²) in [5.74, 6) is 0.543. The van der Waals surface area contributed by atoms with Gasteiger partial charge in [-0.2, -0.15) is 5.10 Å². The van der Waals surface area contributed by atoms with Crippen molar-refractivity contribution in [3.63, 3.8) is 0 Å². The lowest BCUT2D eigenvalue weighted by Gasteiger charge is -2.20. The Morgan fingerprint density at radius 3 is 2.67 bits per heavy atom. The second kappa shape index (κ2) is 9.59. The average molecular weight is 520 g/mol. The minimum absolute atomic E-state index is 0.263. The summed E-state index contributed by atoms with van der Waals surface area (Å²) in [6, 6.07) is 16.3. The Bertz CT molecular complexity index is 1800. The van der Waals surface area contributed by atoms with Crippen LogP contribution in [0.1, 0.15) is 25.7 Å². The topological polar surface area (TPSA) is 115 Å². The Kier molecular flexibility index (Phi) is 5.78. The number of aliphatic hydroxyl groups is 1. The van der Waals surface area contributed by atoms with Gasteiger partial charge in [-0.25, -0.2) is 9.37 Å². The zero-order chi connectivity index (χ0) is 26.3. The van der Waals surface area contributed by atoms with E-state index in [0.717, 1.165) is 59.0 Å². The molecule has 4 heterocycles. The number of aliphatic hydroxyl groups excluding tert-OH is 1. The summed E-state index contributed by atoms with van der Waals surface area (Å²) in [6.45, 7) is 0. The van der Waals surface area contributed by atoms with E-state index in [2.05, 4.69) is 30.5 Å². The van der Waals surface area contributed by atoms with Gasteiger partial charge in [-0.3, -0.25) is 15.1 Å². The van der Waals surface area contributed by atoms with Gasteiger partial charge in [-0.05, 0) is 37.1 Å². The average Bonchev–Trinajstić information content (AvgIpc) is 3.73. The molecule has 1 atom stereocenters. The third kappa shape index (κ3) is 4.30. The number of aromatic nitrogens is 6. The van der Waals surface area contributed by atoms with Gasteiger partial charge in [0.1, 0.15) is 17.7 Å². The van der Waals surface area contributed by atoms with Crippen LogP contribution in [0.3, 0.4) is 0 Å². The molecule has 39 heavy (non-hydrogen) atoms. The Labute approximate surface area is 223 Å². The van der Waals surface area contributed by atoms with Crippen molar-refractivity contribution in [2.45, 2.75) is 31.9 Å². The third-order valence-electron chi connectivity index (χ3n) is 7.54. The molecule has 0 spiro atoms. The minimum atomic E-state index is -0.595. The Morgan fingerprint density at radius 1 is 0.949 bits per heavy atom. The van der Waals surface area contributed by atoms with Crippen LogP contribution in [0.15, 0.2) is 73.2 Å². The van der Waals surface area contributed by atoms with E-state index in [1.165, 1.54) is 6.07 Å². The van der Waals surface area contributed by atoms with Crippen LogP contribution in [0.25, 0.3) is 55.8 Å². The number of para-hydroxylation sites is 1. The van der Waals surface area contributed by atoms with Crippen LogP contribution in [0.5, 0.6) is 0 Å². The lowest BCUT2D eigenvalue weighted by molar-refractivity contribution is 0.137. The molecule has 8 nitrogen and oxygen atoms in total. The maximum atomic E-state index is 14.6. The Hall–Kier alpha value is -4.63. The van der Waals surface area contributed by atoms with E-state index in [-0.39, 0.29) is 11.7 Å². The van der Waals surface area contributed by atoms with Crippen molar-refractivity contribution in [3.8, 4) is 33.9 Å². The summed E-state index contributed by atoms with van der Waals surface area (Å²) < 4.78 is 14.6. The molecular weight excluding hydrogens is 493 g/mol. The summed E-state index contributed by atoms with van der Waals surface area (Å²) in [5.41, 5.74) is 6.37. The van der Waals surface area contributed by atoms with Crippen molar-refractivity contribution in [3.05, 3.63) is 79.0 Å². The lowest BCUT2D eigenvalue weighted by atomic mass is 10.0. The van der Waals surface area contributed by atoms with E-state index in [4.69, 9.17) is 4.98 Å². The zero-order valence-corrected chi connectivity index (χ0v) is 21.0. The summed E-state index contributed by atoms with van der Waals surface area (Å²) >= 11 is 0. The Balaban J connectivity index is 1.25. The standard InChI is InChI=1S/C30H26FN7O/c31-23-10-4-3-8-20(23)21-9-5-11-24-27(21)36-29(35-24)28-22-13-25(33-16-26(22)37-38-28)18-12-19(15-32-14-18)34-30(39)17-6-1-2-7-17/h3-5,8-17,30,34,39H,1-2,6-7H2,(H,35,36)(H,37,38). The summed E-state index contributed by atoms with van der Waals surface area (Å²) in [4.78, 5) is 17.2. The van der Waals surface area contributed by atoms with E-state index in [1.54, 1.807) is 30.7 Å². The fourth-order valence-electron chi connectivity index (χ4n) is 5.52. The molecule has 0 bridgehead atoms. The molecule has 1 saturated carbocycles. The highest BCUT2D eigenvalue weighted by molar-refractivity contribution is 5.97. The first-order valence-corrected chi connectivity index (χ1v) is 13.1. The molecule has 0 aliphatic heterocycles. The van der Waals surface area contributed by atoms with Crippen LogP contribution >= 0.6 is 0 Å². The molecule has 7 rings (SSSR count). The van der Waals surface area contributed by atoms with Gasteiger partial charge >= 0.3 is 0 Å². The van der Waals surface area contributed by atoms with Crippen molar-refractivity contribution in [2.75, 3.05) is 5.32 Å². The normalized spacial score (nSPS) is 14.8. The van der Waals surface area contributed by atoms with E-state index in [0.29, 0.717) is 28.2 Å². The van der Waals surface area contributed by atoms with Gasteiger partial charge in [0.2, 0.25) is 0 Å². The number of aromatic amines is 2. The van der Waals surface area contributed by atoms with Crippen molar-refractivity contribution >= 4 is 27.6 Å².